The van der Waals surface area contributed by atoms with E-state index in [0.717, 1.165) is 22.5 Å². The summed E-state index contributed by atoms with van der Waals surface area (Å²) in [5.74, 6) is 2.03. The molecule has 0 aromatic carbocycles. The van der Waals surface area contributed by atoms with Gasteiger partial charge in [-0.25, -0.2) is 4.98 Å². The van der Waals surface area contributed by atoms with Gasteiger partial charge in [0.1, 0.15) is 5.82 Å². The molecule has 1 aromatic rings. The monoisotopic (exact) mass is 276 g/mol. The maximum absolute atomic E-state index is 5.71. The Morgan fingerprint density at radius 1 is 1.57 bits per heavy atom. The minimum atomic E-state index is 0.461. The van der Waals surface area contributed by atoms with Crippen molar-refractivity contribution < 1.29 is 0 Å². The second-order valence-corrected chi connectivity index (χ2v) is 4.57. The van der Waals surface area contributed by atoms with Crippen molar-refractivity contribution in [2.24, 2.45) is 5.92 Å². The fourth-order valence-corrected chi connectivity index (χ4v) is 1.31. The van der Waals surface area contributed by atoms with Gasteiger partial charge in [0.25, 0.3) is 0 Å². The molecule has 1 heterocycles. The minimum absolute atomic E-state index is 0.461. The molecule has 0 aliphatic heterocycles. The predicted molar refractivity (Wildman–Crippen MR) is 65.0 cm³/mol. The van der Waals surface area contributed by atoms with Crippen molar-refractivity contribution in [1.29, 1.82) is 0 Å². The molecule has 1 rings (SSSR count). The zero-order valence-electron chi connectivity index (χ0n) is 8.35. The molecule has 1 aromatic heterocycles. The number of pyridine rings is 1. The highest BCUT2D eigenvalue weighted by Crippen LogP contribution is 2.16. The summed E-state index contributed by atoms with van der Waals surface area (Å²) in [5, 5.41) is 3.25. The first kappa shape index (κ1) is 11.8. The molecule has 0 spiro atoms. The van der Waals surface area contributed by atoms with Crippen LogP contribution in [0.3, 0.4) is 0 Å². The standard InChI is InChI=1S/C10H14BrClN2/c1-7(5-12)6-13-10-4-3-9(11)8(2)14-10/h3-4,7H,5-6H2,1-2H3,(H,13,14). The second-order valence-electron chi connectivity index (χ2n) is 3.40. The molecule has 14 heavy (non-hydrogen) atoms. The number of aromatic nitrogens is 1. The van der Waals surface area contributed by atoms with Crippen LogP contribution in [0.25, 0.3) is 0 Å². The van der Waals surface area contributed by atoms with E-state index in [1.807, 2.05) is 19.1 Å². The van der Waals surface area contributed by atoms with Gasteiger partial charge in [0.05, 0.1) is 5.69 Å². The highest BCUT2D eigenvalue weighted by atomic mass is 79.9. The molecule has 0 amide bonds. The minimum Gasteiger partial charge on any atom is -0.370 e. The smallest absolute Gasteiger partial charge is 0.126 e. The fraction of sp³-hybridized carbons (Fsp3) is 0.500. The van der Waals surface area contributed by atoms with E-state index < -0.39 is 0 Å². The Hall–Kier alpha value is -0.280. The number of anilines is 1. The molecule has 0 aliphatic rings. The fourth-order valence-electron chi connectivity index (χ4n) is 0.976. The molecule has 0 radical (unpaired) electrons. The van der Waals surface area contributed by atoms with Gasteiger partial charge in [-0.2, -0.15) is 0 Å². The van der Waals surface area contributed by atoms with Crippen LogP contribution < -0.4 is 5.32 Å². The van der Waals surface area contributed by atoms with Crippen molar-refractivity contribution in [3.05, 3.63) is 22.3 Å². The third-order valence-electron chi connectivity index (χ3n) is 1.92. The lowest BCUT2D eigenvalue weighted by Crippen LogP contribution is -2.13. The largest absolute Gasteiger partial charge is 0.370 e. The second kappa shape index (κ2) is 5.56. The Kier molecular flexibility index (Phi) is 4.69. The lowest BCUT2D eigenvalue weighted by Gasteiger charge is -2.10. The highest BCUT2D eigenvalue weighted by Gasteiger charge is 2.01. The first-order valence-electron chi connectivity index (χ1n) is 4.56. The van der Waals surface area contributed by atoms with E-state index >= 15 is 0 Å². The number of rotatable bonds is 4. The molecule has 0 fully saturated rings. The van der Waals surface area contributed by atoms with Crippen LogP contribution in [0.4, 0.5) is 5.82 Å². The lowest BCUT2D eigenvalue weighted by atomic mass is 10.2. The van der Waals surface area contributed by atoms with Crippen LogP contribution in [-0.2, 0) is 0 Å². The van der Waals surface area contributed by atoms with E-state index in [-0.39, 0.29) is 0 Å². The molecule has 1 atom stereocenters. The Labute approximate surface area is 98.2 Å². The van der Waals surface area contributed by atoms with Crippen molar-refractivity contribution in [3.63, 3.8) is 0 Å². The third kappa shape index (κ3) is 3.46. The zero-order valence-corrected chi connectivity index (χ0v) is 10.7. The van der Waals surface area contributed by atoms with Crippen molar-refractivity contribution in [1.82, 2.24) is 4.98 Å². The summed E-state index contributed by atoms with van der Waals surface area (Å²) in [4.78, 5) is 4.38. The summed E-state index contributed by atoms with van der Waals surface area (Å²) < 4.78 is 1.04. The number of hydrogen-bond donors (Lipinski definition) is 1. The number of nitrogens with zero attached hydrogens (tertiary/aromatic N) is 1. The van der Waals surface area contributed by atoms with Gasteiger partial charge in [-0.15, -0.1) is 11.6 Å². The summed E-state index contributed by atoms with van der Waals surface area (Å²) in [6, 6.07) is 3.95. The average Bonchev–Trinajstić information content (AvgIpc) is 2.19. The van der Waals surface area contributed by atoms with E-state index in [4.69, 9.17) is 11.6 Å². The first-order valence-corrected chi connectivity index (χ1v) is 5.89. The van der Waals surface area contributed by atoms with Crippen molar-refractivity contribution in [3.8, 4) is 0 Å². The summed E-state index contributed by atoms with van der Waals surface area (Å²) in [5.41, 5.74) is 0.994. The number of aryl methyl sites for hydroxylation is 1. The molecule has 4 heteroatoms. The van der Waals surface area contributed by atoms with Gasteiger partial charge in [0.2, 0.25) is 0 Å². The summed E-state index contributed by atoms with van der Waals surface area (Å²) in [6.45, 7) is 4.93. The Morgan fingerprint density at radius 2 is 2.29 bits per heavy atom. The van der Waals surface area contributed by atoms with Gasteiger partial charge in [0, 0.05) is 16.9 Å². The molecule has 78 valence electrons. The Balaban J connectivity index is 2.55. The van der Waals surface area contributed by atoms with E-state index in [1.54, 1.807) is 0 Å². The molecule has 0 saturated carbocycles. The Morgan fingerprint density at radius 3 is 2.86 bits per heavy atom. The Bertz CT molecular complexity index is 304. The molecule has 0 bridgehead atoms. The van der Waals surface area contributed by atoms with Gasteiger partial charge in [-0.3, -0.25) is 0 Å². The number of hydrogen-bond acceptors (Lipinski definition) is 2. The van der Waals surface area contributed by atoms with Crippen LogP contribution in [0.1, 0.15) is 12.6 Å². The van der Waals surface area contributed by atoms with Crippen LogP contribution in [0, 0.1) is 12.8 Å². The summed E-state index contributed by atoms with van der Waals surface area (Å²) in [6.07, 6.45) is 0. The van der Waals surface area contributed by atoms with Crippen molar-refractivity contribution in [2.75, 3.05) is 17.7 Å². The quantitative estimate of drug-likeness (QED) is 0.853. The number of halogens is 2. The van der Waals surface area contributed by atoms with Crippen molar-refractivity contribution >= 4 is 33.3 Å². The van der Waals surface area contributed by atoms with Gasteiger partial charge >= 0.3 is 0 Å². The molecule has 1 N–H and O–H groups in total. The van der Waals surface area contributed by atoms with Gasteiger partial charge < -0.3 is 5.32 Å². The topological polar surface area (TPSA) is 24.9 Å². The van der Waals surface area contributed by atoms with Gasteiger partial charge in [-0.05, 0) is 40.9 Å². The van der Waals surface area contributed by atoms with E-state index in [2.05, 4.69) is 33.2 Å². The van der Waals surface area contributed by atoms with E-state index in [0.29, 0.717) is 11.8 Å². The molecular formula is C10H14BrClN2. The van der Waals surface area contributed by atoms with Gasteiger partial charge in [-0.1, -0.05) is 6.92 Å². The van der Waals surface area contributed by atoms with Gasteiger partial charge in [0.15, 0.2) is 0 Å². The average molecular weight is 278 g/mol. The predicted octanol–water partition coefficient (Wildman–Crippen LogP) is 3.44. The van der Waals surface area contributed by atoms with Crippen LogP contribution in [0.2, 0.25) is 0 Å². The van der Waals surface area contributed by atoms with Crippen LogP contribution in [0.15, 0.2) is 16.6 Å². The molecule has 0 saturated heterocycles. The van der Waals surface area contributed by atoms with E-state index in [1.165, 1.54) is 0 Å². The zero-order chi connectivity index (χ0) is 10.6. The number of alkyl halides is 1. The van der Waals surface area contributed by atoms with Crippen LogP contribution in [-0.4, -0.2) is 17.4 Å². The SMILES string of the molecule is Cc1nc(NCC(C)CCl)ccc1Br. The molecule has 0 aliphatic carbocycles. The molecule has 1 unspecified atom stereocenters. The summed E-state index contributed by atoms with van der Waals surface area (Å²) >= 11 is 9.12. The van der Waals surface area contributed by atoms with Crippen molar-refractivity contribution in [2.45, 2.75) is 13.8 Å². The normalized spacial score (nSPS) is 12.6. The van der Waals surface area contributed by atoms with E-state index in [9.17, 15) is 0 Å². The molecular weight excluding hydrogens is 263 g/mol. The molecule has 2 nitrogen and oxygen atoms in total. The first-order chi connectivity index (χ1) is 6.63. The maximum Gasteiger partial charge on any atom is 0.126 e. The number of nitrogens with one attached hydrogen (secondary N) is 1. The third-order valence-corrected chi connectivity index (χ3v) is 3.28. The van der Waals surface area contributed by atoms with Crippen LogP contribution >= 0.6 is 27.5 Å². The maximum atomic E-state index is 5.71. The lowest BCUT2D eigenvalue weighted by molar-refractivity contribution is 0.694. The summed E-state index contributed by atoms with van der Waals surface area (Å²) in [7, 11) is 0. The highest BCUT2D eigenvalue weighted by molar-refractivity contribution is 9.10. The van der Waals surface area contributed by atoms with Crippen LogP contribution in [0.5, 0.6) is 0 Å².